The van der Waals surface area contributed by atoms with Gasteiger partial charge in [-0.3, -0.25) is 4.79 Å². The molecule has 0 saturated heterocycles. The summed E-state index contributed by atoms with van der Waals surface area (Å²) in [6.45, 7) is 6.41. The molecule has 1 amide bonds. The molecule has 7 heteroatoms. The molecule has 0 heterocycles. The molecule has 170 valence electrons. The number of aliphatic hydroxyl groups excluding tert-OH is 2. The van der Waals surface area contributed by atoms with Crippen LogP contribution in [0.2, 0.25) is 0 Å². The molecule has 0 bridgehead atoms. The third kappa shape index (κ3) is 7.54. The Morgan fingerprint density at radius 2 is 1.74 bits per heavy atom. The summed E-state index contributed by atoms with van der Waals surface area (Å²) in [5, 5.41) is 44.7. The van der Waals surface area contributed by atoms with Crippen molar-refractivity contribution in [1.29, 1.82) is 0 Å². The second-order valence-corrected chi connectivity index (χ2v) is 8.46. The summed E-state index contributed by atoms with van der Waals surface area (Å²) in [5.41, 5.74) is 2.08. The Morgan fingerprint density at radius 1 is 1.06 bits per heavy atom. The minimum Gasteiger partial charge on any atom is -0.508 e. The monoisotopic (exact) mass is 430 g/mol. The number of phenols is 2. The van der Waals surface area contributed by atoms with Gasteiger partial charge in [0.05, 0.1) is 18.6 Å². The highest BCUT2D eigenvalue weighted by molar-refractivity contribution is 5.83. The summed E-state index contributed by atoms with van der Waals surface area (Å²) in [6, 6.07) is 12.0. The van der Waals surface area contributed by atoms with E-state index in [-0.39, 0.29) is 48.6 Å². The zero-order valence-corrected chi connectivity index (χ0v) is 18.4. The Morgan fingerprint density at radius 3 is 2.35 bits per heavy atom. The average Bonchev–Trinajstić information content (AvgIpc) is 2.70. The van der Waals surface area contributed by atoms with Crippen molar-refractivity contribution in [1.82, 2.24) is 10.6 Å². The topological polar surface area (TPSA) is 122 Å². The number of benzene rings is 2. The van der Waals surface area contributed by atoms with Gasteiger partial charge in [-0.2, -0.15) is 0 Å². The van der Waals surface area contributed by atoms with Crippen molar-refractivity contribution < 1.29 is 25.2 Å². The number of rotatable bonds is 11. The molecular weight excluding hydrogens is 396 g/mol. The van der Waals surface area contributed by atoms with Crippen molar-refractivity contribution in [2.45, 2.75) is 51.2 Å². The van der Waals surface area contributed by atoms with Crippen LogP contribution in [0.25, 0.3) is 0 Å². The second kappa shape index (κ2) is 11.1. The van der Waals surface area contributed by atoms with Crippen LogP contribution < -0.4 is 10.6 Å². The van der Waals surface area contributed by atoms with Gasteiger partial charge in [-0.15, -0.1) is 0 Å². The Hall–Kier alpha value is -2.61. The van der Waals surface area contributed by atoms with Crippen molar-refractivity contribution in [3.05, 3.63) is 59.2 Å². The molecular formula is C24H34N2O5. The van der Waals surface area contributed by atoms with Gasteiger partial charge in [-0.05, 0) is 55.5 Å². The Balaban J connectivity index is 2.03. The highest BCUT2D eigenvalue weighted by Crippen LogP contribution is 2.26. The molecule has 0 fully saturated rings. The number of phenolic OH excluding ortho intramolecular Hbond substituents is 2. The molecule has 0 aliphatic heterocycles. The van der Waals surface area contributed by atoms with Gasteiger partial charge in [0.25, 0.3) is 0 Å². The molecule has 2 atom stereocenters. The maximum atomic E-state index is 12.4. The van der Waals surface area contributed by atoms with E-state index >= 15 is 0 Å². The number of aliphatic hydroxyl groups is 2. The number of hydrogen-bond acceptors (Lipinski definition) is 6. The lowest BCUT2D eigenvalue weighted by molar-refractivity contribution is -0.122. The molecule has 0 spiro atoms. The first-order valence-electron chi connectivity index (χ1n) is 10.6. The molecule has 31 heavy (non-hydrogen) atoms. The van der Waals surface area contributed by atoms with Crippen molar-refractivity contribution in [2.75, 3.05) is 19.7 Å². The molecule has 0 aromatic heterocycles. The van der Waals surface area contributed by atoms with Gasteiger partial charge >= 0.3 is 0 Å². The van der Waals surface area contributed by atoms with Crippen LogP contribution in [-0.4, -0.2) is 51.6 Å². The van der Waals surface area contributed by atoms with Gasteiger partial charge in [0.1, 0.15) is 11.5 Å². The van der Waals surface area contributed by atoms with Gasteiger partial charge in [0, 0.05) is 24.7 Å². The third-order valence-electron chi connectivity index (χ3n) is 5.22. The Kier molecular flexibility index (Phi) is 8.86. The van der Waals surface area contributed by atoms with E-state index in [4.69, 9.17) is 5.11 Å². The van der Waals surface area contributed by atoms with E-state index in [1.54, 1.807) is 0 Å². The van der Waals surface area contributed by atoms with Gasteiger partial charge in [-0.1, -0.05) is 31.2 Å². The Labute approximate surface area is 183 Å². The molecule has 0 aliphatic carbocycles. The van der Waals surface area contributed by atoms with Gasteiger partial charge < -0.3 is 31.1 Å². The van der Waals surface area contributed by atoms with Crippen molar-refractivity contribution in [3.8, 4) is 11.5 Å². The molecule has 0 aliphatic rings. The maximum Gasteiger partial charge on any atom is 0.227 e. The van der Waals surface area contributed by atoms with Crippen molar-refractivity contribution >= 4 is 5.91 Å². The van der Waals surface area contributed by atoms with Crippen LogP contribution in [0.1, 0.15) is 55.9 Å². The molecule has 2 unspecified atom stereocenters. The SMILES string of the molecule is CCC(C(=O)NCCO)c1cccc(CC(C)(C)NCC(O)c2cc(O)cc(O)c2)c1. The zero-order valence-electron chi connectivity index (χ0n) is 18.4. The number of aromatic hydroxyl groups is 2. The normalized spacial score (nSPS) is 13.6. The highest BCUT2D eigenvalue weighted by Gasteiger charge is 2.22. The third-order valence-corrected chi connectivity index (χ3v) is 5.22. The van der Waals surface area contributed by atoms with E-state index in [1.165, 1.54) is 18.2 Å². The van der Waals surface area contributed by atoms with Crippen LogP contribution in [0.3, 0.4) is 0 Å². The van der Waals surface area contributed by atoms with Crippen LogP contribution in [0, 0.1) is 0 Å². The summed E-state index contributed by atoms with van der Waals surface area (Å²) < 4.78 is 0. The fourth-order valence-corrected chi connectivity index (χ4v) is 3.67. The van der Waals surface area contributed by atoms with Crippen LogP contribution in [0.5, 0.6) is 11.5 Å². The lowest BCUT2D eigenvalue weighted by atomic mass is 9.89. The number of β-amino-alcohol motifs (C(OH)–C–C–N with tert-alkyl or cyclic N) is 1. The van der Waals surface area contributed by atoms with Crippen LogP contribution >= 0.6 is 0 Å². The number of amides is 1. The lowest BCUT2D eigenvalue weighted by Crippen LogP contribution is -2.43. The van der Waals surface area contributed by atoms with E-state index in [0.717, 1.165) is 11.1 Å². The first kappa shape index (κ1) is 24.7. The molecule has 6 N–H and O–H groups in total. The summed E-state index contributed by atoms with van der Waals surface area (Å²) >= 11 is 0. The predicted octanol–water partition coefficient (Wildman–Crippen LogP) is 2.34. The average molecular weight is 431 g/mol. The maximum absolute atomic E-state index is 12.4. The van der Waals surface area contributed by atoms with Crippen LogP contribution in [-0.2, 0) is 11.2 Å². The molecule has 0 radical (unpaired) electrons. The summed E-state index contributed by atoms with van der Waals surface area (Å²) in [6.07, 6.45) is 0.446. The first-order valence-corrected chi connectivity index (χ1v) is 10.6. The van der Waals surface area contributed by atoms with Gasteiger partial charge in [-0.25, -0.2) is 0 Å². The van der Waals surface area contributed by atoms with Crippen LogP contribution in [0.4, 0.5) is 0 Å². The largest absolute Gasteiger partial charge is 0.508 e. The van der Waals surface area contributed by atoms with E-state index in [0.29, 0.717) is 18.4 Å². The number of hydrogen-bond donors (Lipinski definition) is 6. The number of carbonyl (C=O) groups excluding carboxylic acids is 1. The zero-order chi connectivity index (χ0) is 23.0. The van der Waals surface area contributed by atoms with Gasteiger partial charge in [0.2, 0.25) is 5.91 Å². The fraction of sp³-hybridized carbons (Fsp3) is 0.458. The van der Waals surface area contributed by atoms with Crippen molar-refractivity contribution in [2.24, 2.45) is 0 Å². The van der Waals surface area contributed by atoms with Crippen molar-refractivity contribution in [3.63, 3.8) is 0 Å². The summed E-state index contributed by atoms with van der Waals surface area (Å²) in [4.78, 5) is 12.4. The van der Waals surface area contributed by atoms with Crippen LogP contribution in [0.15, 0.2) is 42.5 Å². The standard InChI is InChI=1S/C24H34N2O5/c1-4-21(23(31)25-8-9-27)17-7-5-6-16(10-17)14-24(2,3)26-15-22(30)18-11-19(28)13-20(29)12-18/h5-7,10-13,21-22,26-30H,4,8-9,14-15H2,1-3H3,(H,25,31). The van der Waals surface area contributed by atoms with E-state index in [9.17, 15) is 20.1 Å². The second-order valence-electron chi connectivity index (χ2n) is 8.46. The lowest BCUT2D eigenvalue weighted by Gasteiger charge is -2.28. The fourth-order valence-electron chi connectivity index (χ4n) is 3.67. The van der Waals surface area contributed by atoms with Gasteiger partial charge in [0.15, 0.2) is 0 Å². The smallest absolute Gasteiger partial charge is 0.227 e. The predicted molar refractivity (Wildman–Crippen MR) is 120 cm³/mol. The molecule has 0 saturated carbocycles. The Bertz CT molecular complexity index is 849. The number of nitrogens with one attached hydrogen (secondary N) is 2. The summed E-state index contributed by atoms with van der Waals surface area (Å²) in [5.74, 6) is -0.566. The van der Waals surface area contributed by atoms with E-state index in [2.05, 4.69) is 10.6 Å². The molecule has 7 nitrogen and oxygen atoms in total. The minimum absolute atomic E-state index is 0.0872. The molecule has 2 aromatic rings. The molecule has 2 aromatic carbocycles. The first-order chi connectivity index (χ1) is 14.6. The van der Waals surface area contributed by atoms with E-state index in [1.807, 2.05) is 45.0 Å². The minimum atomic E-state index is -0.886. The number of carbonyl (C=O) groups is 1. The van der Waals surface area contributed by atoms with E-state index < -0.39 is 6.10 Å². The highest BCUT2D eigenvalue weighted by atomic mass is 16.3. The molecule has 2 rings (SSSR count). The summed E-state index contributed by atoms with van der Waals surface area (Å²) in [7, 11) is 0. The quantitative estimate of drug-likeness (QED) is 0.325.